The maximum Gasteiger partial charge on any atom is 0.0468 e. The van der Waals surface area contributed by atoms with Crippen molar-refractivity contribution in [3.05, 3.63) is 33.8 Å². The molecule has 0 spiro atoms. The summed E-state index contributed by atoms with van der Waals surface area (Å²) < 4.78 is 0. The first-order chi connectivity index (χ1) is 6.65. The van der Waals surface area contributed by atoms with Crippen LogP contribution in [0.15, 0.2) is 18.2 Å². The quantitative estimate of drug-likeness (QED) is 0.848. The summed E-state index contributed by atoms with van der Waals surface area (Å²) in [5.74, 6) is 0. The van der Waals surface area contributed by atoms with Crippen molar-refractivity contribution in [2.45, 2.75) is 32.2 Å². The minimum absolute atomic E-state index is 0. The first-order valence-corrected chi connectivity index (χ1v) is 5.61. The van der Waals surface area contributed by atoms with E-state index in [4.69, 9.17) is 28.9 Å². The van der Waals surface area contributed by atoms with Crippen molar-refractivity contribution in [1.29, 1.82) is 0 Å². The van der Waals surface area contributed by atoms with Crippen molar-refractivity contribution >= 4 is 35.6 Å². The lowest BCUT2D eigenvalue weighted by Gasteiger charge is -2.13. The maximum atomic E-state index is 6.04. The average molecular weight is 269 g/mol. The normalized spacial score (nSPS) is 12.0. The number of nitrogens with two attached hydrogens (primary N) is 1. The zero-order valence-corrected chi connectivity index (χ0v) is 11.0. The molecule has 4 heteroatoms. The Bertz CT molecular complexity index is 302. The van der Waals surface area contributed by atoms with Crippen molar-refractivity contribution in [1.82, 2.24) is 0 Å². The van der Waals surface area contributed by atoms with Gasteiger partial charge in [0, 0.05) is 16.1 Å². The summed E-state index contributed by atoms with van der Waals surface area (Å²) in [5.41, 5.74) is 6.99. The fourth-order valence-corrected chi connectivity index (χ4v) is 1.93. The van der Waals surface area contributed by atoms with Gasteiger partial charge >= 0.3 is 0 Å². The summed E-state index contributed by atoms with van der Waals surface area (Å²) in [6.07, 6.45) is 3.25. The summed E-state index contributed by atoms with van der Waals surface area (Å²) in [7, 11) is 0. The first-order valence-electron chi connectivity index (χ1n) is 4.85. The molecule has 0 saturated heterocycles. The molecular weight excluding hydrogens is 252 g/mol. The van der Waals surface area contributed by atoms with E-state index in [0.29, 0.717) is 10.0 Å². The number of unbranched alkanes of at least 4 members (excludes halogenated alkanes) is 1. The minimum Gasteiger partial charge on any atom is -0.324 e. The summed E-state index contributed by atoms with van der Waals surface area (Å²) >= 11 is 11.8. The molecule has 0 radical (unpaired) electrons. The van der Waals surface area contributed by atoms with Crippen LogP contribution in [-0.4, -0.2) is 0 Å². The summed E-state index contributed by atoms with van der Waals surface area (Å²) in [5, 5.41) is 1.32. The molecule has 0 bridgehead atoms. The zero-order chi connectivity index (χ0) is 10.6. The molecule has 15 heavy (non-hydrogen) atoms. The van der Waals surface area contributed by atoms with Crippen LogP contribution in [0.3, 0.4) is 0 Å². The minimum atomic E-state index is 0. The summed E-state index contributed by atoms with van der Waals surface area (Å²) in [6, 6.07) is 5.50. The van der Waals surface area contributed by atoms with Crippen LogP contribution in [0.4, 0.5) is 0 Å². The fraction of sp³-hybridized carbons (Fsp3) is 0.455. The molecule has 0 aliphatic heterocycles. The van der Waals surface area contributed by atoms with Gasteiger partial charge in [-0.3, -0.25) is 0 Å². The highest BCUT2D eigenvalue weighted by atomic mass is 35.5. The Labute approximate surface area is 107 Å². The Balaban J connectivity index is 0.00000196. The molecule has 0 aliphatic rings. The summed E-state index contributed by atoms with van der Waals surface area (Å²) in [6.45, 7) is 2.15. The largest absolute Gasteiger partial charge is 0.324 e. The van der Waals surface area contributed by atoms with Crippen LogP contribution in [0.2, 0.25) is 10.0 Å². The van der Waals surface area contributed by atoms with Gasteiger partial charge in [0.15, 0.2) is 0 Å². The van der Waals surface area contributed by atoms with Crippen LogP contribution in [0.1, 0.15) is 37.8 Å². The van der Waals surface area contributed by atoms with Gasteiger partial charge in [-0.05, 0) is 24.1 Å². The monoisotopic (exact) mass is 267 g/mol. The molecule has 86 valence electrons. The molecule has 1 nitrogen and oxygen atoms in total. The van der Waals surface area contributed by atoms with Gasteiger partial charge < -0.3 is 5.73 Å². The van der Waals surface area contributed by atoms with Crippen molar-refractivity contribution < 1.29 is 0 Å². The Morgan fingerprint density at radius 3 is 2.53 bits per heavy atom. The van der Waals surface area contributed by atoms with E-state index < -0.39 is 0 Å². The Kier molecular flexibility index (Phi) is 7.37. The second kappa shape index (κ2) is 7.34. The van der Waals surface area contributed by atoms with Gasteiger partial charge in [0.05, 0.1) is 0 Å². The van der Waals surface area contributed by atoms with Crippen LogP contribution in [-0.2, 0) is 0 Å². The van der Waals surface area contributed by atoms with Crippen LogP contribution in [0.5, 0.6) is 0 Å². The molecule has 1 atom stereocenters. The number of hydrogen-bond acceptors (Lipinski definition) is 1. The van der Waals surface area contributed by atoms with Crippen molar-refractivity contribution in [2.24, 2.45) is 5.73 Å². The number of benzene rings is 1. The van der Waals surface area contributed by atoms with E-state index in [0.717, 1.165) is 24.8 Å². The first kappa shape index (κ1) is 15.0. The van der Waals surface area contributed by atoms with Crippen LogP contribution in [0, 0.1) is 0 Å². The molecule has 0 aliphatic carbocycles. The number of rotatable bonds is 4. The molecule has 0 heterocycles. The molecule has 0 unspecified atom stereocenters. The van der Waals surface area contributed by atoms with E-state index in [1.165, 1.54) is 0 Å². The Morgan fingerprint density at radius 2 is 2.00 bits per heavy atom. The van der Waals surface area contributed by atoms with Crippen molar-refractivity contribution in [3.63, 3.8) is 0 Å². The smallest absolute Gasteiger partial charge is 0.0468 e. The third-order valence-corrected chi connectivity index (χ3v) is 2.79. The standard InChI is InChI=1S/C11H15Cl2N.ClH/c1-2-3-4-11(14)9-6-5-8(12)7-10(9)13;/h5-7,11H,2-4,14H2,1H3;1H/t11-;/m1./s1. The van der Waals surface area contributed by atoms with Gasteiger partial charge in [-0.15, -0.1) is 12.4 Å². The second-order valence-electron chi connectivity index (χ2n) is 3.41. The molecule has 1 aromatic rings. The van der Waals surface area contributed by atoms with Gasteiger partial charge in [-0.2, -0.15) is 0 Å². The molecule has 0 aromatic heterocycles. The molecule has 1 aromatic carbocycles. The van der Waals surface area contributed by atoms with Crippen LogP contribution in [0.25, 0.3) is 0 Å². The molecule has 2 N–H and O–H groups in total. The zero-order valence-electron chi connectivity index (χ0n) is 8.67. The van der Waals surface area contributed by atoms with Gasteiger partial charge in [-0.25, -0.2) is 0 Å². The van der Waals surface area contributed by atoms with Crippen molar-refractivity contribution in [3.8, 4) is 0 Å². The third kappa shape index (κ3) is 4.60. The fourth-order valence-electron chi connectivity index (χ4n) is 1.38. The predicted molar refractivity (Wildman–Crippen MR) is 70.2 cm³/mol. The third-order valence-electron chi connectivity index (χ3n) is 2.23. The van der Waals surface area contributed by atoms with Gasteiger partial charge in [-0.1, -0.05) is 49.0 Å². The lowest BCUT2D eigenvalue weighted by Crippen LogP contribution is -2.10. The molecule has 0 amide bonds. The highest BCUT2D eigenvalue weighted by Gasteiger charge is 2.09. The maximum absolute atomic E-state index is 6.04. The van der Waals surface area contributed by atoms with E-state index >= 15 is 0 Å². The van der Waals surface area contributed by atoms with E-state index in [1.807, 2.05) is 12.1 Å². The van der Waals surface area contributed by atoms with E-state index in [1.54, 1.807) is 6.07 Å². The number of halogens is 3. The highest BCUT2D eigenvalue weighted by molar-refractivity contribution is 6.35. The van der Waals surface area contributed by atoms with E-state index in [9.17, 15) is 0 Å². The SMILES string of the molecule is CCCC[C@@H](N)c1ccc(Cl)cc1Cl.Cl. The van der Waals surface area contributed by atoms with Crippen LogP contribution >= 0.6 is 35.6 Å². The lowest BCUT2D eigenvalue weighted by atomic mass is 10.0. The van der Waals surface area contributed by atoms with E-state index in [2.05, 4.69) is 6.92 Å². The predicted octanol–water partition coefficient (Wildman–Crippen LogP) is 4.61. The molecular formula is C11H16Cl3N. The molecule has 1 rings (SSSR count). The van der Waals surface area contributed by atoms with Crippen LogP contribution < -0.4 is 5.73 Å². The average Bonchev–Trinajstić information content (AvgIpc) is 2.14. The summed E-state index contributed by atoms with van der Waals surface area (Å²) in [4.78, 5) is 0. The highest BCUT2D eigenvalue weighted by Crippen LogP contribution is 2.27. The second-order valence-corrected chi connectivity index (χ2v) is 4.26. The van der Waals surface area contributed by atoms with E-state index in [-0.39, 0.29) is 18.4 Å². The topological polar surface area (TPSA) is 26.0 Å². The van der Waals surface area contributed by atoms with Gasteiger partial charge in [0.2, 0.25) is 0 Å². The Morgan fingerprint density at radius 1 is 1.33 bits per heavy atom. The molecule has 0 saturated carbocycles. The molecule has 0 fully saturated rings. The lowest BCUT2D eigenvalue weighted by molar-refractivity contribution is 0.603. The van der Waals surface area contributed by atoms with Gasteiger partial charge in [0.1, 0.15) is 0 Å². The van der Waals surface area contributed by atoms with Crippen molar-refractivity contribution in [2.75, 3.05) is 0 Å². The Hall–Kier alpha value is 0.0500. The number of hydrogen-bond donors (Lipinski definition) is 1. The van der Waals surface area contributed by atoms with Gasteiger partial charge in [0.25, 0.3) is 0 Å².